The summed E-state index contributed by atoms with van der Waals surface area (Å²) in [6.07, 6.45) is 0.645. The van der Waals surface area contributed by atoms with Crippen molar-refractivity contribution in [1.29, 1.82) is 0 Å². The van der Waals surface area contributed by atoms with E-state index in [1.165, 1.54) is 12.1 Å². The van der Waals surface area contributed by atoms with Crippen LogP contribution in [0.25, 0.3) is 5.69 Å². The topological polar surface area (TPSA) is 39.9 Å². The normalized spacial score (nSPS) is 10.8. The first-order valence-electron chi connectivity index (χ1n) is 9.34. The van der Waals surface area contributed by atoms with Gasteiger partial charge in [-0.15, -0.1) is 10.2 Å². The van der Waals surface area contributed by atoms with Gasteiger partial charge in [0, 0.05) is 17.9 Å². The zero-order chi connectivity index (χ0) is 19.9. The van der Waals surface area contributed by atoms with Gasteiger partial charge in [-0.1, -0.05) is 60.3 Å². The smallest absolute Gasteiger partial charge is 0.195 e. The molecule has 1 heterocycles. The highest BCUT2D eigenvalue weighted by Crippen LogP contribution is 2.24. The van der Waals surface area contributed by atoms with Crippen LogP contribution in [0.2, 0.25) is 0 Å². The average Bonchev–Trinajstić information content (AvgIpc) is 3.15. The van der Waals surface area contributed by atoms with Crippen molar-refractivity contribution >= 4 is 11.8 Å². The molecule has 0 aliphatic heterocycles. The lowest BCUT2D eigenvalue weighted by Gasteiger charge is -2.11. The summed E-state index contributed by atoms with van der Waals surface area (Å²) in [5, 5.41) is 9.55. The second-order valence-corrected chi connectivity index (χ2v) is 7.45. The molecule has 4 nitrogen and oxygen atoms in total. The molecule has 0 aliphatic rings. The van der Waals surface area contributed by atoms with Gasteiger partial charge in [-0.25, -0.2) is 4.39 Å². The number of rotatable bonds is 8. The molecular formula is C23H20FN3OS. The lowest BCUT2D eigenvalue weighted by molar-refractivity contribution is 0.344. The first kappa shape index (κ1) is 19.2. The quantitative estimate of drug-likeness (QED) is 0.300. The van der Waals surface area contributed by atoms with Crippen LogP contribution in [-0.4, -0.2) is 27.1 Å². The number of halogens is 1. The fourth-order valence-electron chi connectivity index (χ4n) is 2.95. The summed E-state index contributed by atoms with van der Waals surface area (Å²) in [4.78, 5) is 0. The summed E-state index contributed by atoms with van der Waals surface area (Å²) in [6, 6.07) is 26.2. The Hall–Kier alpha value is -3.12. The molecule has 6 heteroatoms. The largest absolute Gasteiger partial charge is 0.493 e. The van der Waals surface area contributed by atoms with Crippen molar-refractivity contribution in [3.63, 3.8) is 0 Å². The van der Waals surface area contributed by atoms with Crippen molar-refractivity contribution in [3.8, 4) is 11.4 Å². The number of hydrogen-bond donors (Lipinski definition) is 0. The van der Waals surface area contributed by atoms with Crippen molar-refractivity contribution in [2.24, 2.45) is 0 Å². The molecule has 3 aromatic carbocycles. The Balaban J connectivity index is 1.52. The van der Waals surface area contributed by atoms with Gasteiger partial charge in [-0.3, -0.25) is 4.57 Å². The van der Waals surface area contributed by atoms with Crippen LogP contribution in [0.4, 0.5) is 4.39 Å². The molecule has 0 atom stereocenters. The lowest BCUT2D eigenvalue weighted by Crippen LogP contribution is -2.05. The number of para-hydroxylation sites is 1. The van der Waals surface area contributed by atoms with Gasteiger partial charge in [-0.05, 0) is 42.0 Å². The van der Waals surface area contributed by atoms with Gasteiger partial charge in [-0.2, -0.15) is 0 Å². The number of benzene rings is 3. The van der Waals surface area contributed by atoms with E-state index in [2.05, 4.69) is 22.3 Å². The van der Waals surface area contributed by atoms with Crippen LogP contribution < -0.4 is 4.74 Å². The van der Waals surface area contributed by atoms with E-state index in [9.17, 15) is 4.39 Å². The molecule has 0 spiro atoms. The molecular weight excluding hydrogens is 385 g/mol. The summed E-state index contributed by atoms with van der Waals surface area (Å²) in [6.45, 7) is 0.555. The van der Waals surface area contributed by atoms with Crippen molar-refractivity contribution in [1.82, 2.24) is 14.8 Å². The minimum Gasteiger partial charge on any atom is -0.493 e. The molecule has 0 N–H and O–H groups in total. The maximum atomic E-state index is 13.4. The Morgan fingerprint density at radius 3 is 2.24 bits per heavy atom. The number of nitrogens with zero attached hydrogens (tertiary/aromatic N) is 3. The van der Waals surface area contributed by atoms with Crippen LogP contribution in [0.3, 0.4) is 0 Å². The second-order valence-electron chi connectivity index (χ2n) is 6.38. The van der Waals surface area contributed by atoms with E-state index in [0.717, 1.165) is 33.7 Å². The molecule has 0 unspecified atom stereocenters. The molecule has 146 valence electrons. The molecule has 0 bridgehead atoms. The van der Waals surface area contributed by atoms with Gasteiger partial charge >= 0.3 is 0 Å². The maximum absolute atomic E-state index is 13.4. The van der Waals surface area contributed by atoms with Crippen LogP contribution in [0.1, 0.15) is 11.4 Å². The fraction of sp³-hybridized carbons (Fsp3) is 0.130. The van der Waals surface area contributed by atoms with Crippen molar-refractivity contribution in [2.75, 3.05) is 12.4 Å². The summed E-state index contributed by atoms with van der Waals surface area (Å²) in [7, 11) is 0. The van der Waals surface area contributed by atoms with Crippen molar-refractivity contribution in [3.05, 3.63) is 102 Å². The highest BCUT2D eigenvalue weighted by Gasteiger charge is 2.15. The minimum absolute atomic E-state index is 0.267. The van der Waals surface area contributed by atoms with E-state index in [4.69, 9.17) is 4.74 Å². The van der Waals surface area contributed by atoms with Crippen molar-refractivity contribution < 1.29 is 9.13 Å². The molecule has 0 aliphatic carbocycles. The van der Waals surface area contributed by atoms with Gasteiger partial charge in [0.2, 0.25) is 0 Å². The lowest BCUT2D eigenvalue weighted by atomic mass is 10.1. The van der Waals surface area contributed by atoms with E-state index in [-0.39, 0.29) is 5.82 Å². The molecule has 1 aromatic heterocycles. The van der Waals surface area contributed by atoms with Gasteiger partial charge in [0.15, 0.2) is 5.16 Å². The SMILES string of the molecule is Fc1ccc(-n2c(Cc3ccccc3)nnc2SCCOc2ccccc2)cc1. The Morgan fingerprint density at radius 2 is 1.52 bits per heavy atom. The number of aromatic nitrogens is 3. The number of thioether (sulfide) groups is 1. The highest BCUT2D eigenvalue weighted by atomic mass is 32.2. The van der Waals surface area contributed by atoms with Gasteiger partial charge in [0.05, 0.1) is 6.61 Å². The average molecular weight is 405 g/mol. The van der Waals surface area contributed by atoms with Crippen LogP contribution in [0.15, 0.2) is 90.1 Å². The third-order valence-corrected chi connectivity index (χ3v) is 5.21. The Bertz CT molecular complexity index is 1040. The van der Waals surface area contributed by atoms with Gasteiger partial charge in [0.25, 0.3) is 0 Å². The summed E-state index contributed by atoms with van der Waals surface area (Å²) < 4.78 is 21.2. The van der Waals surface area contributed by atoms with Crippen LogP contribution in [0.5, 0.6) is 5.75 Å². The molecule has 0 radical (unpaired) electrons. The van der Waals surface area contributed by atoms with Crippen LogP contribution in [0, 0.1) is 5.82 Å². The molecule has 0 saturated carbocycles. The van der Waals surface area contributed by atoms with E-state index in [0.29, 0.717) is 13.0 Å². The van der Waals surface area contributed by atoms with E-state index < -0.39 is 0 Å². The Kier molecular flexibility index (Phi) is 6.22. The minimum atomic E-state index is -0.267. The summed E-state index contributed by atoms with van der Waals surface area (Å²) in [5.74, 6) is 2.11. The predicted molar refractivity (Wildman–Crippen MR) is 113 cm³/mol. The van der Waals surface area contributed by atoms with E-state index >= 15 is 0 Å². The molecule has 29 heavy (non-hydrogen) atoms. The van der Waals surface area contributed by atoms with Crippen LogP contribution in [-0.2, 0) is 6.42 Å². The van der Waals surface area contributed by atoms with Crippen molar-refractivity contribution in [2.45, 2.75) is 11.6 Å². The third kappa shape index (κ3) is 5.03. The van der Waals surface area contributed by atoms with Crippen LogP contribution >= 0.6 is 11.8 Å². The molecule has 0 saturated heterocycles. The first-order chi connectivity index (χ1) is 14.3. The third-order valence-electron chi connectivity index (χ3n) is 4.32. The molecule has 4 aromatic rings. The van der Waals surface area contributed by atoms with E-state index in [1.807, 2.05) is 53.1 Å². The monoisotopic (exact) mass is 405 g/mol. The maximum Gasteiger partial charge on any atom is 0.195 e. The number of hydrogen-bond acceptors (Lipinski definition) is 4. The predicted octanol–water partition coefficient (Wildman–Crippen LogP) is 5.17. The molecule has 4 rings (SSSR count). The van der Waals surface area contributed by atoms with E-state index in [1.54, 1.807) is 23.9 Å². The Labute approximate surface area is 173 Å². The summed E-state index contributed by atoms with van der Waals surface area (Å²) in [5.41, 5.74) is 1.99. The molecule has 0 fully saturated rings. The standard InChI is InChI=1S/C23H20FN3OS/c24-19-11-13-20(14-12-19)27-22(17-18-7-3-1-4-8-18)25-26-23(27)29-16-15-28-21-9-5-2-6-10-21/h1-14H,15-17H2. The second kappa shape index (κ2) is 9.39. The first-order valence-corrected chi connectivity index (χ1v) is 10.3. The fourth-order valence-corrected chi connectivity index (χ4v) is 3.73. The zero-order valence-corrected chi connectivity index (χ0v) is 16.6. The van der Waals surface area contributed by atoms with Gasteiger partial charge in [0.1, 0.15) is 17.4 Å². The van der Waals surface area contributed by atoms with Gasteiger partial charge < -0.3 is 4.74 Å². The zero-order valence-electron chi connectivity index (χ0n) is 15.7. The highest BCUT2D eigenvalue weighted by molar-refractivity contribution is 7.99. The summed E-state index contributed by atoms with van der Waals surface area (Å²) >= 11 is 1.57. The number of ether oxygens (including phenoxy) is 1. The molecule has 0 amide bonds. The Morgan fingerprint density at radius 1 is 0.828 bits per heavy atom.